The molecule has 0 aliphatic rings. The van der Waals surface area contributed by atoms with E-state index in [1.165, 1.54) is 50.6 Å². The lowest BCUT2D eigenvalue weighted by Gasteiger charge is -2.09. The van der Waals surface area contributed by atoms with Crippen molar-refractivity contribution in [1.29, 1.82) is 5.26 Å². The number of halogens is 1. The molecule has 2 rings (SSSR count). The lowest BCUT2D eigenvalue weighted by Crippen LogP contribution is -1.97. The predicted molar refractivity (Wildman–Crippen MR) is 86.1 cm³/mol. The van der Waals surface area contributed by atoms with Gasteiger partial charge in [-0.2, -0.15) is 5.26 Å². The van der Waals surface area contributed by atoms with E-state index in [1.807, 2.05) is 6.07 Å². The number of rotatable bonds is 5. The van der Waals surface area contributed by atoms with Crippen LogP contribution in [0.2, 0.25) is 0 Å². The van der Waals surface area contributed by atoms with Crippen LogP contribution in [0, 0.1) is 27.3 Å². The summed E-state index contributed by atoms with van der Waals surface area (Å²) in [4.78, 5) is 10.5. The number of nitriles is 1. The van der Waals surface area contributed by atoms with Crippen LogP contribution in [0.25, 0.3) is 11.6 Å². The van der Waals surface area contributed by atoms with E-state index >= 15 is 0 Å². The Morgan fingerprint density at radius 1 is 1.25 bits per heavy atom. The fourth-order valence-electron chi connectivity index (χ4n) is 2.17. The SMILES string of the molecule is COc1cc(OC)c([N+](=O)[O-])cc1C=C(C#N)c1ccccc1F. The molecule has 7 heteroatoms. The zero-order chi connectivity index (χ0) is 17.7. The first-order chi connectivity index (χ1) is 11.5. The summed E-state index contributed by atoms with van der Waals surface area (Å²) in [5.74, 6) is -0.271. The molecular formula is C17H13FN2O4. The maximum absolute atomic E-state index is 13.9. The van der Waals surface area contributed by atoms with Crippen LogP contribution in [0.1, 0.15) is 11.1 Å². The molecule has 24 heavy (non-hydrogen) atoms. The molecular weight excluding hydrogens is 315 g/mol. The van der Waals surface area contributed by atoms with E-state index in [0.29, 0.717) is 0 Å². The first-order valence-electron chi connectivity index (χ1n) is 6.79. The van der Waals surface area contributed by atoms with E-state index in [4.69, 9.17) is 9.47 Å². The summed E-state index contributed by atoms with van der Waals surface area (Å²) in [6.45, 7) is 0. The highest BCUT2D eigenvalue weighted by atomic mass is 19.1. The van der Waals surface area contributed by atoms with Gasteiger partial charge in [0, 0.05) is 23.3 Å². The van der Waals surface area contributed by atoms with E-state index in [9.17, 15) is 19.8 Å². The Hall–Kier alpha value is -3.40. The van der Waals surface area contributed by atoms with E-state index in [-0.39, 0.29) is 33.9 Å². The monoisotopic (exact) mass is 328 g/mol. The Morgan fingerprint density at radius 3 is 2.46 bits per heavy atom. The summed E-state index contributed by atoms with van der Waals surface area (Å²) >= 11 is 0. The predicted octanol–water partition coefficient (Wildman–Crippen LogP) is 3.82. The second kappa shape index (κ2) is 7.24. The molecule has 0 atom stereocenters. The lowest BCUT2D eigenvalue weighted by molar-refractivity contribution is -0.385. The number of nitro groups is 1. The number of hydrogen-bond donors (Lipinski definition) is 0. The largest absolute Gasteiger partial charge is 0.496 e. The van der Waals surface area contributed by atoms with Crippen LogP contribution in [0.4, 0.5) is 10.1 Å². The summed E-state index contributed by atoms with van der Waals surface area (Å²) in [7, 11) is 2.68. The molecule has 6 nitrogen and oxygen atoms in total. The van der Waals surface area contributed by atoms with Gasteiger partial charge in [-0.25, -0.2) is 4.39 Å². The number of ether oxygens (including phenoxy) is 2. The Balaban J connectivity index is 2.66. The maximum Gasteiger partial charge on any atom is 0.311 e. The maximum atomic E-state index is 13.9. The minimum atomic E-state index is -0.606. The van der Waals surface area contributed by atoms with Crippen LogP contribution in [-0.2, 0) is 0 Å². The number of allylic oxidation sites excluding steroid dienone is 1. The zero-order valence-electron chi connectivity index (χ0n) is 12.9. The molecule has 0 radical (unpaired) electrons. The van der Waals surface area contributed by atoms with E-state index in [2.05, 4.69) is 0 Å². The highest BCUT2D eigenvalue weighted by Gasteiger charge is 2.19. The summed E-state index contributed by atoms with van der Waals surface area (Å²) in [6.07, 6.45) is 1.34. The fraction of sp³-hybridized carbons (Fsp3) is 0.118. The zero-order valence-corrected chi connectivity index (χ0v) is 12.9. The number of hydrogen-bond acceptors (Lipinski definition) is 5. The van der Waals surface area contributed by atoms with Gasteiger partial charge in [0.05, 0.1) is 30.8 Å². The summed E-state index contributed by atoms with van der Waals surface area (Å²) < 4.78 is 24.0. The number of nitro benzene ring substituents is 1. The average molecular weight is 328 g/mol. The quantitative estimate of drug-likeness (QED) is 0.360. The van der Waals surface area contributed by atoms with Gasteiger partial charge in [0.15, 0.2) is 0 Å². The molecule has 0 saturated carbocycles. The van der Waals surface area contributed by atoms with Crippen LogP contribution in [-0.4, -0.2) is 19.1 Å². The third kappa shape index (κ3) is 3.33. The number of benzene rings is 2. The smallest absolute Gasteiger partial charge is 0.311 e. The molecule has 0 aliphatic heterocycles. The van der Waals surface area contributed by atoms with Crippen molar-refractivity contribution < 1.29 is 18.8 Å². The summed E-state index contributed by atoms with van der Waals surface area (Å²) in [5.41, 5.74) is 0.103. The van der Waals surface area contributed by atoms with Crippen LogP contribution < -0.4 is 9.47 Å². The molecule has 0 unspecified atom stereocenters. The van der Waals surface area contributed by atoms with Gasteiger partial charge in [-0.1, -0.05) is 18.2 Å². The van der Waals surface area contributed by atoms with Crippen molar-refractivity contribution in [1.82, 2.24) is 0 Å². The Morgan fingerprint density at radius 2 is 1.92 bits per heavy atom. The van der Waals surface area contributed by atoms with Gasteiger partial charge in [0.25, 0.3) is 0 Å². The molecule has 2 aromatic carbocycles. The molecule has 0 fully saturated rings. The van der Waals surface area contributed by atoms with Crippen molar-refractivity contribution in [2.45, 2.75) is 0 Å². The first-order valence-corrected chi connectivity index (χ1v) is 6.79. The van der Waals surface area contributed by atoms with Crippen LogP contribution in [0.15, 0.2) is 36.4 Å². The van der Waals surface area contributed by atoms with Gasteiger partial charge < -0.3 is 9.47 Å². The Kier molecular flexibility index (Phi) is 5.12. The third-order valence-electron chi connectivity index (χ3n) is 3.31. The molecule has 0 saturated heterocycles. The minimum Gasteiger partial charge on any atom is -0.496 e. The normalized spacial score (nSPS) is 10.8. The molecule has 122 valence electrons. The summed E-state index contributed by atoms with van der Waals surface area (Å²) in [6, 6.07) is 10.3. The molecule has 0 aliphatic carbocycles. The van der Waals surface area contributed by atoms with E-state index in [1.54, 1.807) is 6.07 Å². The first kappa shape index (κ1) is 17.0. The summed E-state index contributed by atoms with van der Waals surface area (Å²) in [5, 5.41) is 20.5. The molecule has 0 N–H and O–H groups in total. The molecule has 0 amide bonds. The van der Waals surface area contributed by atoms with Crippen molar-refractivity contribution in [2.24, 2.45) is 0 Å². The van der Waals surface area contributed by atoms with Gasteiger partial charge in [0.2, 0.25) is 5.75 Å². The van der Waals surface area contributed by atoms with Gasteiger partial charge in [-0.3, -0.25) is 10.1 Å². The molecule has 0 bridgehead atoms. The van der Waals surface area contributed by atoms with Crippen molar-refractivity contribution >= 4 is 17.3 Å². The van der Waals surface area contributed by atoms with Crippen molar-refractivity contribution in [2.75, 3.05) is 14.2 Å². The molecule has 0 spiro atoms. The van der Waals surface area contributed by atoms with Gasteiger partial charge in [-0.05, 0) is 12.1 Å². The molecule has 0 aromatic heterocycles. The number of methoxy groups -OCH3 is 2. The van der Waals surface area contributed by atoms with Gasteiger partial charge in [0.1, 0.15) is 11.6 Å². The third-order valence-corrected chi connectivity index (χ3v) is 3.31. The topological polar surface area (TPSA) is 85.4 Å². The lowest BCUT2D eigenvalue weighted by atomic mass is 10.0. The van der Waals surface area contributed by atoms with E-state index < -0.39 is 10.7 Å². The molecule has 2 aromatic rings. The van der Waals surface area contributed by atoms with Gasteiger partial charge in [-0.15, -0.1) is 0 Å². The highest BCUT2D eigenvalue weighted by molar-refractivity contribution is 5.91. The highest BCUT2D eigenvalue weighted by Crippen LogP contribution is 2.36. The number of nitrogens with zero attached hydrogens (tertiary/aromatic N) is 2. The standard InChI is InChI=1S/C17H13FN2O4/c1-23-16-9-17(24-2)15(20(21)22)8-11(16)7-12(10-19)13-5-3-4-6-14(13)18/h3-9H,1-2H3. The molecule has 0 heterocycles. The van der Waals surface area contributed by atoms with Crippen LogP contribution in [0.5, 0.6) is 11.5 Å². The van der Waals surface area contributed by atoms with Crippen molar-refractivity contribution in [3.63, 3.8) is 0 Å². The Bertz CT molecular complexity index is 856. The van der Waals surface area contributed by atoms with Crippen molar-refractivity contribution in [3.05, 3.63) is 63.5 Å². The second-order valence-corrected chi connectivity index (χ2v) is 4.67. The van der Waals surface area contributed by atoms with Gasteiger partial charge >= 0.3 is 5.69 Å². The van der Waals surface area contributed by atoms with E-state index in [0.717, 1.165) is 0 Å². The average Bonchev–Trinajstić information content (AvgIpc) is 2.59. The van der Waals surface area contributed by atoms with Crippen LogP contribution in [0.3, 0.4) is 0 Å². The minimum absolute atomic E-state index is 0.0193. The fourth-order valence-corrected chi connectivity index (χ4v) is 2.17. The Labute approximate surface area is 137 Å². The second-order valence-electron chi connectivity index (χ2n) is 4.67. The van der Waals surface area contributed by atoms with Crippen molar-refractivity contribution in [3.8, 4) is 17.6 Å². The van der Waals surface area contributed by atoms with Crippen LogP contribution >= 0.6 is 0 Å².